The molecule has 5 heteroatoms. The van der Waals surface area contributed by atoms with Crippen LogP contribution in [-0.2, 0) is 11.3 Å². The number of anilines is 1. The van der Waals surface area contributed by atoms with Crippen LogP contribution in [0.3, 0.4) is 0 Å². The van der Waals surface area contributed by atoms with Crippen molar-refractivity contribution in [3.63, 3.8) is 0 Å². The van der Waals surface area contributed by atoms with Crippen molar-refractivity contribution in [2.24, 2.45) is 5.92 Å². The molecule has 0 spiro atoms. The summed E-state index contributed by atoms with van der Waals surface area (Å²) in [6.07, 6.45) is 1.91. The average Bonchev–Trinajstić information content (AvgIpc) is 2.66. The fourth-order valence-corrected chi connectivity index (χ4v) is 3.56. The standard InChI is InChI=1S/C21H25ClN2O2/c1-2-26-20-12-6-5-11-19(20)23-21(25)17-9-7-13-24(15-17)14-16-8-3-4-10-18(16)22/h3-6,8,10-12,17H,2,7,9,13-15H2,1H3,(H,23,25). The maximum atomic E-state index is 12.8. The first kappa shape index (κ1) is 18.7. The summed E-state index contributed by atoms with van der Waals surface area (Å²) in [4.78, 5) is 15.1. The lowest BCUT2D eigenvalue weighted by Crippen LogP contribution is -2.40. The van der Waals surface area contributed by atoms with E-state index in [1.165, 1.54) is 0 Å². The molecule has 4 nitrogen and oxygen atoms in total. The molecule has 0 aromatic heterocycles. The van der Waals surface area contributed by atoms with Gasteiger partial charge in [0.1, 0.15) is 5.75 Å². The molecule has 0 saturated carbocycles. The van der Waals surface area contributed by atoms with Gasteiger partial charge in [-0.25, -0.2) is 0 Å². The Bertz CT molecular complexity index is 750. The molecule has 1 saturated heterocycles. The zero-order valence-corrected chi connectivity index (χ0v) is 15.8. The van der Waals surface area contributed by atoms with Crippen LogP contribution in [0.5, 0.6) is 5.75 Å². The lowest BCUT2D eigenvalue weighted by molar-refractivity contribution is -0.121. The number of nitrogens with one attached hydrogen (secondary N) is 1. The summed E-state index contributed by atoms with van der Waals surface area (Å²) >= 11 is 6.28. The zero-order valence-electron chi connectivity index (χ0n) is 15.1. The topological polar surface area (TPSA) is 41.6 Å². The van der Waals surface area contributed by atoms with Crippen molar-refractivity contribution < 1.29 is 9.53 Å². The fourth-order valence-electron chi connectivity index (χ4n) is 3.37. The first-order valence-corrected chi connectivity index (χ1v) is 9.53. The molecule has 1 heterocycles. The van der Waals surface area contributed by atoms with Crippen LogP contribution in [0, 0.1) is 5.92 Å². The Morgan fingerprint density at radius 2 is 2.00 bits per heavy atom. The number of hydrogen-bond acceptors (Lipinski definition) is 3. The van der Waals surface area contributed by atoms with Crippen molar-refractivity contribution in [3.8, 4) is 5.75 Å². The summed E-state index contributed by atoms with van der Waals surface area (Å²) in [7, 11) is 0. The van der Waals surface area contributed by atoms with Crippen molar-refractivity contribution in [3.05, 3.63) is 59.1 Å². The van der Waals surface area contributed by atoms with E-state index < -0.39 is 0 Å². The lowest BCUT2D eigenvalue weighted by atomic mass is 9.96. The number of carbonyl (C=O) groups is 1. The van der Waals surface area contributed by atoms with E-state index in [2.05, 4.69) is 10.2 Å². The molecule has 1 aliphatic rings. The summed E-state index contributed by atoms with van der Waals surface area (Å²) < 4.78 is 5.60. The van der Waals surface area contributed by atoms with Gasteiger partial charge in [-0.1, -0.05) is 41.9 Å². The number of nitrogens with zero attached hydrogens (tertiary/aromatic N) is 1. The smallest absolute Gasteiger partial charge is 0.228 e. The third kappa shape index (κ3) is 4.77. The molecule has 0 bridgehead atoms. The molecular weight excluding hydrogens is 348 g/mol. The quantitative estimate of drug-likeness (QED) is 0.806. The third-order valence-corrected chi connectivity index (χ3v) is 5.04. The van der Waals surface area contributed by atoms with Crippen molar-refractivity contribution >= 4 is 23.2 Å². The maximum absolute atomic E-state index is 12.8. The number of ether oxygens (including phenoxy) is 1. The minimum atomic E-state index is -0.0269. The van der Waals surface area contributed by atoms with E-state index in [9.17, 15) is 4.79 Å². The zero-order chi connectivity index (χ0) is 18.4. The van der Waals surface area contributed by atoms with Crippen LogP contribution in [0.4, 0.5) is 5.69 Å². The van der Waals surface area contributed by atoms with Gasteiger partial charge >= 0.3 is 0 Å². The maximum Gasteiger partial charge on any atom is 0.228 e. The van der Waals surface area contributed by atoms with E-state index in [-0.39, 0.29) is 11.8 Å². The van der Waals surface area contributed by atoms with Crippen LogP contribution in [0.1, 0.15) is 25.3 Å². The van der Waals surface area contributed by atoms with Crippen molar-refractivity contribution in [1.82, 2.24) is 4.90 Å². The van der Waals surface area contributed by atoms with Crippen LogP contribution >= 0.6 is 11.6 Å². The van der Waals surface area contributed by atoms with Crippen LogP contribution in [0.15, 0.2) is 48.5 Å². The van der Waals surface area contributed by atoms with Crippen molar-refractivity contribution in [1.29, 1.82) is 0 Å². The molecule has 0 radical (unpaired) electrons. The van der Waals surface area contributed by atoms with Gasteiger partial charge in [0.2, 0.25) is 5.91 Å². The van der Waals surface area contributed by atoms with Gasteiger partial charge in [0, 0.05) is 18.1 Å². The van der Waals surface area contributed by atoms with E-state index >= 15 is 0 Å². The number of carbonyl (C=O) groups excluding carboxylic acids is 1. The number of para-hydroxylation sites is 2. The fraction of sp³-hybridized carbons (Fsp3) is 0.381. The van der Waals surface area contributed by atoms with E-state index in [4.69, 9.17) is 16.3 Å². The van der Waals surface area contributed by atoms with Gasteiger partial charge in [0.15, 0.2) is 0 Å². The second-order valence-electron chi connectivity index (χ2n) is 6.58. The van der Waals surface area contributed by atoms with Crippen LogP contribution < -0.4 is 10.1 Å². The van der Waals surface area contributed by atoms with Crippen LogP contribution in [-0.4, -0.2) is 30.5 Å². The van der Waals surface area contributed by atoms with Crippen molar-refractivity contribution in [2.75, 3.05) is 25.0 Å². The predicted octanol–water partition coefficient (Wildman–Crippen LogP) is 4.59. The first-order chi connectivity index (χ1) is 12.7. The largest absolute Gasteiger partial charge is 0.492 e. The molecule has 2 aromatic carbocycles. The molecule has 138 valence electrons. The van der Waals surface area contributed by atoms with Gasteiger partial charge in [-0.15, -0.1) is 0 Å². The molecule has 26 heavy (non-hydrogen) atoms. The Kier molecular flexibility index (Phi) is 6.53. The molecule has 2 aromatic rings. The molecule has 1 fully saturated rings. The molecule has 3 rings (SSSR count). The average molecular weight is 373 g/mol. The first-order valence-electron chi connectivity index (χ1n) is 9.16. The van der Waals surface area contributed by atoms with Gasteiger partial charge in [-0.05, 0) is 50.1 Å². The predicted molar refractivity (Wildman–Crippen MR) is 106 cm³/mol. The lowest BCUT2D eigenvalue weighted by Gasteiger charge is -2.32. The number of rotatable bonds is 6. The SMILES string of the molecule is CCOc1ccccc1NC(=O)C1CCCN(Cc2ccccc2Cl)C1. The highest BCUT2D eigenvalue weighted by atomic mass is 35.5. The number of hydrogen-bond donors (Lipinski definition) is 1. The van der Waals surface area contributed by atoms with Crippen LogP contribution in [0.2, 0.25) is 5.02 Å². The second kappa shape index (κ2) is 9.06. The molecule has 1 unspecified atom stereocenters. The van der Waals surface area contributed by atoms with Gasteiger partial charge in [-0.2, -0.15) is 0 Å². The Morgan fingerprint density at radius 3 is 2.81 bits per heavy atom. The summed E-state index contributed by atoms with van der Waals surface area (Å²) in [6, 6.07) is 15.5. The normalized spacial score (nSPS) is 17.7. The molecule has 1 atom stereocenters. The number of amides is 1. The number of likely N-dealkylation sites (tertiary alicyclic amines) is 1. The van der Waals surface area contributed by atoms with Crippen LogP contribution in [0.25, 0.3) is 0 Å². The highest BCUT2D eigenvalue weighted by molar-refractivity contribution is 6.31. The monoisotopic (exact) mass is 372 g/mol. The second-order valence-corrected chi connectivity index (χ2v) is 6.99. The van der Waals surface area contributed by atoms with Crippen molar-refractivity contribution in [2.45, 2.75) is 26.3 Å². The summed E-state index contributed by atoms with van der Waals surface area (Å²) in [5.41, 5.74) is 1.85. The molecule has 1 N–H and O–H groups in total. The van der Waals surface area contributed by atoms with E-state index in [1.54, 1.807) is 0 Å². The molecular formula is C21H25ClN2O2. The highest BCUT2D eigenvalue weighted by Gasteiger charge is 2.26. The van der Waals surface area contributed by atoms with Gasteiger partial charge in [-0.3, -0.25) is 9.69 Å². The van der Waals surface area contributed by atoms with E-state index in [1.807, 2.05) is 55.5 Å². The number of piperidine rings is 1. The number of benzene rings is 2. The number of halogens is 1. The Balaban J connectivity index is 1.62. The Labute approximate surface area is 160 Å². The summed E-state index contributed by atoms with van der Waals surface area (Å²) in [5.74, 6) is 0.744. The highest BCUT2D eigenvalue weighted by Crippen LogP contribution is 2.27. The van der Waals surface area contributed by atoms with E-state index in [0.717, 1.165) is 48.7 Å². The molecule has 0 aliphatic carbocycles. The minimum Gasteiger partial charge on any atom is -0.492 e. The van der Waals surface area contributed by atoms with Gasteiger partial charge < -0.3 is 10.1 Å². The van der Waals surface area contributed by atoms with Gasteiger partial charge in [0.05, 0.1) is 18.2 Å². The summed E-state index contributed by atoms with van der Waals surface area (Å²) in [6.45, 7) is 5.02. The van der Waals surface area contributed by atoms with E-state index in [0.29, 0.717) is 12.4 Å². The Morgan fingerprint density at radius 1 is 1.23 bits per heavy atom. The van der Waals surface area contributed by atoms with Gasteiger partial charge in [0.25, 0.3) is 0 Å². The third-order valence-electron chi connectivity index (χ3n) is 4.67. The minimum absolute atomic E-state index is 0.0269. The Hall–Kier alpha value is -2.04. The molecule has 1 amide bonds. The molecule has 1 aliphatic heterocycles. The summed E-state index contributed by atoms with van der Waals surface area (Å²) in [5, 5.41) is 3.83.